The van der Waals surface area contributed by atoms with Crippen molar-refractivity contribution in [1.82, 2.24) is 10.3 Å². The lowest BCUT2D eigenvalue weighted by Gasteiger charge is -2.32. The van der Waals surface area contributed by atoms with E-state index in [4.69, 9.17) is 5.73 Å². The number of nitrogens with two attached hydrogens (primary N) is 1. The number of pyridine rings is 1. The van der Waals surface area contributed by atoms with E-state index in [1.54, 1.807) is 18.0 Å². The van der Waals surface area contributed by atoms with Crippen molar-refractivity contribution in [2.24, 2.45) is 5.73 Å². The minimum absolute atomic E-state index is 0.114. The van der Waals surface area contributed by atoms with E-state index >= 15 is 0 Å². The van der Waals surface area contributed by atoms with Crippen LogP contribution in [-0.4, -0.2) is 29.4 Å². The van der Waals surface area contributed by atoms with Crippen LogP contribution in [0.5, 0.6) is 0 Å². The molecule has 6 heteroatoms. The molecule has 2 atom stereocenters. The Morgan fingerprint density at radius 2 is 2.28 bits per heavy atom. The van der Waals surface area contributed by atoms with Crippen LogP contribution >= 0.6 is 0 Å². The normalized spacial score (nSPS) is 21.7. The van der Waals surface area contributed by atoms with E-state index in [-0.39, 0.29) is 24.4 Å². The van der Waals surface area contributed by atoms with Crippen LogP contribution in [-0.2, 0) is 9.59 Å². The minimum Gasteiger partial charge on any atom is -0.336 e. The van der Waals surface area contributed by atoms with Crippen LogP contribution in [0.3, 0.4) is 0 Å². The summed E-state index contributed by atoms with van der Waals surface area (Å²) in [7, 11) is 0. The Morgan fingerprint density at radius 3 is 2.94 bits per heavy atom. The Bertz CT molecular complexity index is 487. The van der Waals surface area contributed by atoms with Gasteiger partial charge in [-0.1, -0.05) is 0 Å². The van der Waals surface area contributed by atoms with Crippen molar-refractivity contribution in [2.45, 2.75) is 25.9 Å². The molecule has 0 spiro atoms. The van der Waals surface area contributed by atoms with Crippen LogP contribution in [0.2, 0.25) is 0 Å². The van der Waals surface area contributed by atoms with Crippen LogP contribution in [0.25, 0.3) is 0 Å². The lowest BCUT2D eigenvalue weighted by molar-refractivity contribution is -0.132. The zero-order valence-electron chi connectivity index (χ0n) is 10.4. The molecule has 1 fully saturated rings. The molecule has 0 saturated carbocycles. The quantitative estimate of drug-likeness (QED) is 0.716. The molecule has 0 aromatic carbocycles. The van der Waals surface area contributed by atoms with E-state index < -0.39 is 6.04 Å². The molecule has 96 valence electrons. The molecule has 1 aromatic rings. The second-order valence-corrected chi connectivity index (χ2v) is 4.45. The number of anilines is 1. The van der Waals surface area contributed by atoms with E-state index in [2.05, 4.69) is 10.3 Å². The molecule has 0 aliphatic carbocycles. The van der Waals surface area contributed by atoms with E-state index in [1.165, 1.54) is 0 Å². The van der Waals surface area contributed by atoms with E-state index in [1.807, 2.05) is 19.1 Å². The number of hydrogen-bond donors (Lipinski definition) is 2. The number of imide groups is 1. The summed E-state index contributed by atoms with van der Waals surface area (Å²) in [6, 6.07) is 3.10. The number of piperazine rings is 1. The summed E-state index contributed by atoms with van der Waals surface area (Å²) < 4.78 is 0. The van der Waals surface area contributed by atoms with Gasteiger partial charge < -0.3 is 10.6 Å². The number of hydrogen-bond acceptors (Lipinski definition) is 5. The number of rotatable bonds is 2. The van der Waals surface area contributed by atoms with Crippen LogP contribution < -0.4 is 16.0 Å². The average molecular weight is 248 g/mol. The zero-order valence-corrected chi connectivity index (χ0v) is 10.4. The number of carbonyl (C=O) groups is 2. The first-order chi connectivity index (χ1) is 8.49. The minimum atomic E-state index is -0.418. The summed E-state index contributed by atoms with van der Waals surface area (Å²) in [5, 5.41) is 2.29. The average Bonchev–Trinajstić information content (AvgIpc) is 2.34. The molecule has 2 rings (SSSR count). The highest BCUT2D eigenvalue weighted by atomic mass is 16.2. The van der Waals surface area contributed by atoms with Gasteiger partial charge in [0.25, 0.3) is 0 Å². The van der Waals surface area contributed by atoms with Crippen molar-refractivity contribution in [2.75, 3.05) is 11.4 Å². The highest BCUT2D eigenvalue weighted by Crippen LogP contribution is 2.20. The van der Waals surface area contributed by atoms with Crippen molar-refractivity contribution >= 4 is 17.6 Å². The Labute approximate surface area is 105 Å². The van der Waals surface area contributed by atoms with E-state index in [0.717, 1.165) is 5.56 Å². The fraction of sp³-hybridized carbons (Fsp3) is 0.417. The molecule has 2 heterocycles. The third kappa shape index (κ3) is 2.33. The zero-order chi connectivity index (χ0) is 13.3. The smallest absolute Gasteiger partial charge is 0.249 e. The largest absolute Gasteiger partial charge is 0.336 e. The third-order valence-corrected chi connectivity index (χ3v) is 3.01. The molecule has 6 nitrogen and oxygen atoms in total. The SMILES string of the molecule is CC1C(=O)NC(=O)CN1c1cc([C@@H](C)N)ccn1. The van der Waals surface area contributed by atoms with Crippen molar-refractivity contribution in [1.29, 1.82) is 0 Å². The van der Waals surface area contributed by atoms with Gasteiger partial charge in [-0.25, -0.2) is 4.98 Å². The van der Waals surface area contributed by atoms with Gasteiger partial charge >= 0.3 is 0 Å². The summed E-state index contributed by atoms with van der Waals surface area (Å²) in [5.41, 5.74) is 6.73. The Hall–Kier alpha value is -1.95. The maximum atomic E-state index is 11.6. The summed E-state index contributed by atoms with van der Waals surface area (Å²) in [4.78, 5) is 28.9. The fourth-order valence-electron chi connectivity index (χ4n) is 1.87. The summed E-state index contributed by atoms with van der Waals surface area (Å²) in [5.74, 6) is -0.0224. The number of nitrogens with one attached hydrogen (secondary N) is 1. The lowest BCUT2D eigenvalue weighted by atomic mass is 10.1. The van der Waals surface area contributed by atoms with Crippen molar-refractivity contribution in [3.05, 3.63) is 23.9 Å². The van der Waals surface area contributed by atoms with Crippen molar-refractivity contribution in [3.63, 3.8) is 0 Å². The van der Waals surface area contributed by atoms with Crippen molar-refractivity contribution in [3.8, 4) is 0 Å². The first-order valence-corrected chi connectivity index (χ1v) is 5.81. The molecule has 1 aliphatic heterocycles. The van der Waals surface area contributed by atoms with Gasteiger partial charge in [-0.2, -0.15) is 0 Å². The predicted molar refractivity (Wildman–Crippen MR) is 66.8 cm³/mol. The lowest BCUT2D eigenvalue weighted by Crippen LogP contribution is -2.57. The molecule has 0 bridgehead atoms. The standard InChI is InChI=1S/C12H16N4O2/c1-7(13)9-3-4-14-10(5-9)16-6-11(17)15-12(18)8(16)2/h3-5,7-8H,6,13H2,1-2H3,(H,15,17,18)/t7-,8?/m1/s1. The monoisotopic (exact) mass is 248 g/mol. The molecule has 1 aromatic heterocycles. The highest BCUT2D eigenvalue weighted by molar-refractivity contribution is 6.04. The second-order valence-electron chi connectivity index (χ2n) is 4.45. The highest BCUT2D eigenvalue weighted by Gasteiger charge is 2.31. The van der Waals surface area contributed by atoms with Gasteiger partial charge in [0.15, 0.2) is 0 Å². The first-order valence-electron chi connectivity index (χ1n) is 5.81. The fourth-order valence-corrected chi connectivity index (χ4v) is 1.87. The van der Waals surface area contributed by atoms with Crippen molar-refractivity contribution < 1.29 is 9.59 Å². The van der Waals surface area contributed by atoms with E-state index in [0.29, 0.717) is 5.82 Å². The third-order valence-electron chi connectivity index (χ3n) is 3.01. The number of amides is 2. The maximum Gasteiger partial charge on any atom is 0.249 e. The summed E-state index contributed by atoms with van der Waals surface area (Å²) in [6.45, 7) is 3.74. The van der Waals surface area contributed by atoms with Crippen LogP contribution in [0.1, 0.15) is 25.5 Å². The molecule has 1 saturated heterocycles. The Balaban J connectivity index is 2.32. The van der Waals surface area contributed by atoms with Crippen LogP contribution in [0, 0.1) is 0 Å². The second kappa shape index (κ2) is 4.73. The molecular formula is C12H16N4O2. The van der Waals surface area contributed by atoms with Crippen LogP contribution in [0.15, 0.2) is 18.3 Å². The first kappa shape index (κ1) is 12.5. The molecule has 18 heavy (non-hydrogen) atoms. The van der Waals surface area contributed by atoms with Gasteiger partial charge in [-0.15, -0.1) is 0 Å². The van der Waals surface area contributed by atoms with Gasteiger partial charge in [0.1, 0.15) is 11.9 Å². The van der Waals surface area contributed by atoms with E-state index in [9.17, 15) is 9.59 Å². The molecule has 2 amide bonds. The summed E-state index contributed by atoms with van der Waals surface area (Å²) >= 11 is 0. The molecule has 3 N–H and O–H groups in total. The molecule has 1 aliphatic rings. The topological polar surface area (TPSA) is 88.3 Å². The summed E-state index contributed by atoms with van der Waals surface area (Å²) in [6.07, 6.45) is 1.64. The van der Waals surface area contributed by atoms with Gasteiger partial charge in [-0.3, -0.25) is 14.9 Å². The number of nitrogens with zero attached hydrogens (tertiary/aromatic N) is 2. The molecule has 0 radical (unpaired) electrons. The van der Waals surface area contributed by atoms with Gasteiger partial charge in [0.05, 0.1) is 6.54 Å². The van der Waals surface area contributed by atoms with Gasteiger partial charge in [0.2, 0.25) is 11.8 Å². The van der Waals surface area contributed by atoms with Gasteiger partial charge in [0, 0.05) is 12.2 Å². The van der Waals surface area contributed by atoms with Gasteiger partial charge in [-0.05, 0) is 31.5 Å². The Kier molecular flexibility index (Phi) is 3.29. The Morgan fingerprint density at radius 1 is 1.56 bits per heavy atom. The molecular weight excluding hydrogens is 232 g/mol. The predicted octanol–water partition coefficient (Wildman–Crippen LogP) is -0.0474. The number of carbonyl (C=O) groups excluding carboxylic acids is 2. The maximum absolute atomic E-state index is 11.6. The molecule has 1 unspecified atom stereocenters. The van der Waals surface area contributed by atoms with Crippen LogP contribution in [0.4, 0.5) is 5.82 Å². The number of aromatic nitrogens is 1.